The van der Waals surface area contributed by atoms with E-state index < -0.39 is 0 Å². The normalized spacial score (nSPS) is 17.5. The predicted molar refractivity (Wildman–Crippen MR) is 85.3 cm³/mol. The van der Waals surface area contributed by atoms with E-state index in [-0.39, 0.29) is 5.41 Å². The summed E-state index contributed by atoms with van der Waals surface area (Å²) in [5.74, 6) is 0. The number of aryl methyl sites for hydroxylation is 1. The van der Waals surface area contributed by atoms with Gasteiger partial charge in [0.25, 0.3) is 0 Å². The van der Waals surface area contributed by atoms with E-state index in [2.05, 4.69) is 42.6 Å². The summed E-state index contributed by atoms with van der Waals surface area (Å²) in [6.45, 7) is 3.06. The largest absolute Gasteiger partial charge is 0.315 e. The second kappa shape index (κ2) is 5.66. The molecule has 0 aliphatic heterocycles. The van der Waals surface area contributed by atoms with E-state index in [0.29, 0.717) is 0 Å². The molecule has 0 bridgehead atoms. The van der Waals surface area contributed by atoms with Crippen molar-refractivity contribution in [2.75, 3.05) is 7.05 Å². The molecule has 1 aromatic heterocycles. The van der Waals surface area contributed by atoms with Crippen LogP contribution in [0.25, 0.3) is 0 Å². The molecule has 1 aliphatic carbocycles. The van der Waals surface area contributed by atoms with E-state index in [1.54, 1.807) is 0 Å². The van der Waals surface area contributed by atoms with Crippen LogP contribution in [0.3, 0.4) is 0 Å². The van der Waals surface area contributed by atoms with E-state index in [9.17, 15) is 0 Å². The molecular formula is C17H22N2S. The van der Waals surface area contributed by atoms with Gasteiger partial charge in [-0.1, -0.05) is 43.2 Å². The zero-order chi connectivity index (χ0) is 14.0. The summed E-state index contributed by atoms with van der Waals surface area (Å²) >= 11 is 1.90. The minimum absolute atomic E-state index is 0.169. The van der Waals surface area contributed by atoms with Crippen molar-refractivity contribution >= 4 is 11.3 Å². The summed E-state index contributed by atoms with van der Waals surface area (Å²) in [7, 11) is 2.00. The summed E-state index contributed by atoms with van der Waals surface area (Å²) in [6.07, 6.45) is 5.11. The van der Waals surface area contributed by atoms with Crippen LogP contribution in [-0.2, 0) is 12.0 Å². The first-order valence-corrected chi connectivity index (χ1v) is 8.25. The van der Waals surface area contributed by atoms with Gasteiger partial charge in [0, 0.05) is 16.8 Å². The molecule has 0 atom stereocenters. The molecule has 3 heteroatoms. The van der Waals surface area contributed by atoms with Gasteiger partial charge in [-0.25, -0.2) is 4.98 Å². The number of nitrogens with one attached hydrogen (secondary N) is 1. The first kappa shape index (κ1) is 13.8. The van der Waals surface area contributed by atoms with E-state index in [0.717, 1.165) is 6.54 Å². The van der Waals surface area contributed by atoms with Crippen molar-refractivity contribution in [3.8, 4) is 0 Å². The van der Waals surface area contributed by atoms with E-state index in [4.69, 9.17) is 4.98 Å². The lowest BCUT2D eigenvalue weighted by Gasteiger charge is -2.27. The Labute approximate surface area is 125 Å². The van der Waals surface area contributed by atoms with Gasteiger partial charge in [0.05, 0.1) is 5.69 Å². The average Bonchev–Trinajstić information content (AvgIpc) is 3.09. The van der Waals surface area contributed by atoms with Crippen LogP contribution in [0, 0.1) is 6.92 Å². The molecule has 2 nitrogen and oxygen atoms in total. The summed E-state index contributed by atoms with van der Waals surface area (Å²) in [5.41, 5.74) is 2.81. The fraction of sp³-hybridized carbons (Fsp3) is 0.471. The maximum absolute atomic E-state index is 4.94. The second-order valence-electron chi connectivity index (χ2n) is 5.71. The molecule has 0 saturated heterocycles. The third-order valence-corrected chi connectivity index (χ3v) is 5.78. The number of hydrogen-bond acceptors (Lipinski definition) is 3. The Balaban J connectivity index is 2.05. The van der Waals surface area contributed by atoms with Crippen LogP contribution in [0.4, 0.5) is 0 Å². The lowest BCUT2D eigenvalue weighted by Crippen LogP contribution is -2.23. The first-order chi connectivity index (χ1) is 9.76. The third-order valence-electron chi connectivity index (χ3n) is 4.42. The van der Waals surface area contributed by atoms with Crippen LogP contribution in [0.5, 0.6) is 0 Å². The van der Waals surface area contributed by atoms with E-state index in [1.807, 2.05) is 18.4 Å². The third kappa shape index (κ3) is 2.29. The van der Waals surface area contributed by atoms with Crippen LogP contribution in [0.15, 0.2) is 30.3 Å². The van der Waals surface area contributed by atoms with Crippen molar-refractivity contribution in [2.45, 2.75) is 44.6 Å². The fourth-order valence-electron chi connectivity index (χ4n) is 3.32. The predicted octanol–water partition coefficient (Wildman–Crippen LogP) is 4.03. The molecule has 3 rings (SSSR count). The summed E-state index contributed by atoms with van der Waals surface area (Å²) in [5, 5.41) is 4.57. The van der Waals surface area contributed by atoms with Gasteiger partial charge in [-0.2, -0.15) is 0 Å². The molecule has 1 heterocycles. The van der Waals surface area contributed by atoms with E-state index in [1.165, 1.54) is 46.8 Å². The Bertz CT molecular complexity index is 568. The Hall–Kier alpha value is -1.19. The molecule has 2 aromatic rings. The standard InChI is InChI=1S/C17H22N2S/c1-13-15(12-18-2)20-16(19-13)17(10-6-7-11-17)14-8-4-3-5-9-14/h3-5,8-9,18H,6-7,10-12H2,1-2H3. The number of thiazole rings is 1. The summed E-state index contributed by atoms with van der Waals surface area (Å²) in [6, 6.07) is 11.0. The maximum Gasteiger partial charge on any atom is 0.104 e. The Kier molecular flexibility index (Phi) is 3.90. The molecule has 0 radical (unpaired) electrons. The number of aromatic nitrogens is 1. The zero-order valence-electron chi connectivity index (χ0n) is 12.3. The van der Waals surface area contributed by atoms with Crippen LogP contribution >= 0.6 is 11.3 Å². The molecule has 1 aromatic carbocycles. The van der Waals surface area contributed by atoms with Crippen LogP contribution in [0.2, 0.25) is 0 Å². The van der Waals surface area contributed by atoms with Crippen molar-refractivity contribution in [3.63, 3.8) is 0 Å². The molecule has 1 saturated carbocycles. The molecular weight excluding hydrogens is 264 g/mol. The maximum atomic E-state index is 4.94. The summed E-state index contributed by atoms with van der Waals surface area (Å²) in [4.78, 5) is 6.32. The lowest BCUT2D eigenvalue weighted by atomic mass is 9.79. The van der Waals surface area contributed by atoms with E-state index >= 15 is 0 Å². The molecule has 20 heavy (non-hydrogen) atoms. The van der Waals surface area contributed by atoms with Gasteiger partial charge in [0.2, 0.25) is 0 Å². The van der Waals surface area contributed by atoms with Gasteiger partial charge in [-0.3, -0.25) is 0 Å². The van der Waals surface area contributed by atoms with Crippen LogP contribution in [-0.4, -0.2) is 12.0 Å². The highest BCUT2D eigenvalue weighted by molar-refractivity contribution is 7.12. The smallest absolute Gasteiger partial charge is 0.104 e. The Morgan fingerprint density at radius 2 is 1.90 bits per heavy atom. The Morgan fingerprint density at radius 1 is 1.20 bits per heavy atom. The lowest BCUT2D eigenvalue weighted by molar-refractivity contribution is 0.531. The second-order valence-corrected chi connectivity index (χ2v) is 6.80. The van der Waals surface area contributed by atoms with Crippen molar-refractivity contribution < 1.29 is 0 Å². The molecule has 106 valence electrons. The highest BCUT2D eigenvalue weighted by atomic mass is 32.1. The average molecular weight is 286 g/mol. The number of benzene rings is 1. The highest BCUT2D eigenvalue weighted by Gasteiger charge is 2.40. The van der Waals surface area contributed by atoms with Gasteiger partial charge in [-0.05, 0) is 32.4 Å². The summed E-state index contributed by atoms with van der Waals surface area (Å²) < 4.78 is 0. The van der Waals surface area contributed by atoms with Crippen molar-refractivity contribution in [2.24, 2.45) is 0 Å². The minimum Gasteiger partial charge on any atom is -0.315 e. The quantitative estimate of drug-likeness (QED) is 0.918. The fourth-order valence-corrected chi connectivity index (χ4v) is 4.66. The van der Waals surface area contributed by atoms with Gasteiger partial charge < -0.3 is 5.32 Å². The van der Waals surface area contributed by atoms with Crippen molar-refractivity contribution in [3.05, 3.63) is 51.5 Å². The number of nitrogens with zero attached hydrogens (tertiary/aromatic N) is 1. The van der Waals surface area contributed by atoms with Crippen molar-refractivity contribution in [1.29, 1.82) is 0 Å². The van der Waals surface area contributed by atoms with Gasteiger partial charge in [0.15, 0.2) is 0 Å². The van der Waals surface area contributed by atoms with Crippen molar-refractivity contribution in [1.82, 2.24) is 10.3 Å². The SMILES string of the molecule is CNCc1sc(C2(c3ccccc3)CCCC2)nc1C. The number of rotatable bonds is 4. The topological polar surface area (TPSA) is 24.9 Å². The zero-order valence-corrected chi connectivity index (χ0v) is 13.1. The molecule has 1 fully saturated rings. The molecule has 0 amide bonds. The first-order valence-electron chi connectivity index (χ1n) is 7.43. The highest BCUT2D eigenvalue weighted by Crippen LogP contribution is 2.47. The minimum atomic E-state index is 0.169. The van der Waals surface area contributed by atoms with Gasteiger partial charge in [0.1, 0.15) is 5.01 Å². The molecule has 0 spiro atoms. The van der Waals surface area contributed by atoms with Crippen LogP contribution < -0.4 is 5.32 Å². The molecule has 0 unspecified atom stereocenters. The van der Waals surface area contributed by atoms with Gasteiger partial charge in [-0.15, -0.1) is 11.3 Å². The molecule has 1 N–H and O–H groups in total. The van der Waals surface area contributed by atoms with Crippen LogP contribution in [0.1, 0.15) is 46.8 Å². The van der Waals surface area contributed by atoms with Gasteiger partial charge >= 0.3 is 0 Å². The monoisotopic (exact) mass is 286 g/mol. The Morgan fingerprint density at radius 3 is 2.55 bits per heavy atom. The molecule has 1 aliphatic rings. The number of hydrogen-bond donors (Lipinski definition) is 1.